The Hall–Kier alpha value is -1.91. The van der Waals surface area contributed by atoms with Gasteiger partial charge in [-0.25, -0.2) is 0 Å². The lowest BCUT2D eigenvalue weighted by atomic mass is 10.2. The van der Waals surface area contributed by atoms with Crippen LogP contribution in [-0.4, -0.2) is 25.7 Å². The Kier molecular flexibility index (Phi) is 5.13. The summed E-state index contributed by atoms with van der Waals surface area (Å²) in [5.41, 5.74) is 5.83. The zero-order valence-electron chi connectivity index (χ0n) is 10.2. The van der Waals surface area contributed by atoms with Gasteiger partial charge < -0.3 is 20.5 Å². The molecular formula is C12H18N2O3. The summed E-state index contributed by atoms with van der Waals surface area (Å²) in [6.45, 7) is 5.04. The predicted octanol–water partition coefficient (Wildman–Crippen LogP) is 1.38. The van der Waals surface area contributed by atoms with Gasteiger partial charge in [-0.2, -0.15) is 0 Å². The molecule has 0 saturated heterocycles. The van der Waals surface area contributed by atoms with Crippen LogP contribution in [0.2, 0.25) is 0 Å². The van der Waals surface area contributed by atoms with Crippen LogP contribution in [0, 0.1) is 0 Å². The minimum absolute atomic E-state index is 0.0968. The Bertz CT molecular complexity index is 380. The van der Waals surface area contributed by atoms with Crippen LogP contribution in [-0.2, 0) is 4.79 Å². The van der Waals surface area contributed by atoms with E-state index in [1.165, 1.54) is 0 Å². The molecule has 0 radical (unpaired) electrons. The SMILES string of the molecule is CCOc1ccc(NCC(N)=O)cc1OCC. The fraction of sp³-hybridized carbons (Fsp3) is 0.417. The molecule has 0 saturated carbocycles. The molecule has 5 heteroatoms. The van der Waals surface area contributed by atoms with E-state index in [1.54, 1.807) is 12.1 Å². The quantitative estimate of drug-likeness (QED) is 0.752. The second kappa shape index (κ2) is 6.62. The number of nitrogens with two attached hydrogens (primary N) is 1. The lowest BCUT2D eigenvalue weighted by molar-refractivity contribution is -0.116. The molecule has 17 heavy (non-hydrogen) atoms. The third-order valence-corrected chi connectivity index (χ3v) is 2.01. The minimum Gasteiger partial charge on any atom is -0.490 e. The summed E-state index contributed by atoms with van der Waals surface area (Å²) in [6.07, 6.45) is 0. The van der Waals surface area contributed by atoms with Crippen molar-refractivity contribution in [1.82, 2.24) is 0 Å². The zero-order valence-corrected chi connectivity index (χ0v) is 10.2. The molecule has 1 amide bonds. The highest BCUT2D eigenvalue weighted by Crippen LogP contribution is 2.30. The number of rotatable bonds is 7. The molecular weight excluding hydrogens is 220 g/mol. The number of hydrogen-bond donors (Lipinski definition) is 2. The number of nitrogens with one attached hydrogen (secondary N) is 1. The van der Waals surface area contributed by atoms with Gasteiger partial charge in [-0.05, 0) is 26.0 Å². The Labute approximate surface area is 101 Å². The Morgan fingerprint density at radius 2 is 1.88 bits per heavy atom. The van der Waals surface area contributed by atoms with Gasteiger partial charge in [0.2, 0.25) is 5.91 Å². The molecule has 1 aromatic rings. The number of ether oxygens (including phenoxy) is 2. The number of carbonyl (C=O) groups excluding carboxylic acids is 1. The fourth-order valence-electron chi connectivity index (χ4n) is 1.35. The normalized spacial score (nSPS) is 9.76. The van der Waals surface area contributed by atoms with Crippen molar-refractivity contribution in [2.24, 2.45) is 5.73 Å². The first-order valence-electron chi connectivity index (χ1n) is 5.59. The van der Waals surface area contributed by atoms with Gasteiger partial charge in [-0.15, -0.1) is 0 Å². The topological polar surface area (TPSA) is 73.6 Å². The standard InChI is InChI=1S/C12H18N2O3/c1-3-16-10-6-5-9(14-8-12(13)15)7-11(10)17-4-2/h5-7,14H,3-4,8H2,1-2H3,(H2,13,15). The molecule has 0 fully saturated rings. The summed E-state index contributed by atoms with van der Waals surface area (Å²) in [5.74, 6) is 0.944. The van der Waals surface area contributed by atoms with Crippen molar-refractivity contribution >= 4 is 11.6 Å². The van der Waals surface area contributed by atoms with E-state index >= 15 is 0 Å². The largest absolute Gasteiger partial charge is 0.490 e. The van der Waals surface area contributed by atoms with Gasteiger partial charge in [0.25, 0.3) is 0 Å². The van der Waals surface area contributed by atoms with E-state index < -0.39 is 5.91 Å². The number of carbonyl (C=O) groups is 1. The van der Waals surface area contributed by atoms with Gasteiger partial charge in [0, 0.05) is 11.8 Å². The second-order valence-corrected chi connectivity index (χ2v) is 3.35. The van der Waals surface area contributed by atoms with Crippen molar-refractivity contribution in [3.63, 3.8) is 0 Å². The predicted molar refractivity (Wildman–Crippen MR) is 66.5 cm³/mol. The average molecular weight is 238 g/mol. The molecule has 0 aliphatic heterocycles. The number of anilines is 1. The van der Waals surface area contributed by atoms with E-state index in [4.69, 9.17) is 15.2 Å². The first kappa shape index (κ1) is 13.2. The molecule has 1 rings (SSSR count). The highest BCUT2D eigenvalue weighted by Gasteiger charge is 2.06. The van der Waals surface area contributed by atoms with E-state index in [-0.39, 0.29) is 6.54 Å². The van der Waals surface area contributed by atoms with Crippen molar-refractivity contribution in [2.75, 3.05) is 25.1 Å². The third kappa shape index (κ3) is 4.22. The number of hydrogen-bond acceptors (Lipinski definition) is 4. The van der Waals surface area contributed by atoms with Crippen LogP contribution in [0.25, 0.3) is 0 Å². The maximum Gasteiger partial charge on any atom is 0.236 e. The first-order chi connectivity index (χ1) is 8.17. The average Bonchev–Trinajstić information content (AvgIpc) is 2.30. The molecule has 94 valence electrons. The zero-order chi connectivity index (χ0) is 12.7. The first-order valence-corrected chi connectivity index (χ1v) is 5.59. The van der Waals surface area contributed by atoms with Crippen molar-refractivity contribution in [1.29, 1.82) is 0 Å². The van der Waals surface area contributed by atoms with Crippen LogP contribution >= 0.6 is 0 Å². The molecule has 0 aromatic heterocycles. The van der Waals surface area contributed by atoms with E-state index in [9.17, 15) is 4.79 Å². The highest BCUT2D eigenvalue weighted by molar-refractivity contribution is 5.79. The van der Waals surface area contributed by atoms with Gasteiger partial charge in [0.1, 0.15) is 0 Å². The molecule has 3 N–H and O–H groups in total. The van der Waals surface area contributed by atoms with Crippen LogP contribution < -0.4 is 20.5 Å². The van der Waals surface area contributed by atoms with Gasteiger partial charge in [0.05, 0.1) is 19.8 Å². The van der Waals surface area contributed by atoms with Crippen LogP contribution in [0.1, 0.15) is 13.8 Å². The Morgan fingerprint density at radius 3 is 2.47 bits per heavy atom. The lowest BCUT2D eigenvalue weighted by Gasteiger charge is -2.12. The molecule has 0 spiro atoms. The number of primary amides is 1. The minimum atomic E-state index is -0.406. The third-order valence-electron chi connectivity index (χ3n) is 2.01. The van der Waals surface area contributed by atoms with Crippen molar-refractivity contribution in [2.45, 2.75) is 13.8 Å². The van der Waals surface area contributed by atoms with Crippen molar-refractivity contribution < 1.29 is 14.3 Å². The summed E-state index contributed by atoms with van der Waals surface area (Å²) in [6, 6.07) is 5.41. The summed E-state index contributed by atoms with van der Waals surface area (Å²) in [4.78, 5) is 10.7. The molecule has 1 aromatic carbocycles. The van der Waals surface area contributed by atoms with Crippen molar-refractivity contribution in [3.05, 3.63) is 18.2 Å². The molecule has 5 nitrogen and oxygen atoms in total. The van der Waals surface area contributed by atoms with Gasteiger partial charge in [-0.1, -0.05) is 0 Å². The highest BCUT2D eigenvalue weighted by atomic mass is 16.5. The van der Waals surface area contributed by atoms with E-state index in [0.29, 0.717) is 24.7 Å². The van der Waals surface area contributed by atoms with Crippen LogP contribution in [0.15, 0.2) is 18.2 Å². The van der Waals surface area contributed by atoms with E-state index in [1.807, 2.05) is 19.9 Å². The molecule has 0 unspecified atom stereocenters. The Morgan fingerprint density at radius 1 is 1.24 bits per heavy atom. The molecule has 0 bridgehead atoms. The van der Waals surface area contributed by atoms with Crippen LogP contribution in [0.5, 0.6) is 11.5 Å². The summed E-state index contributed by atoms with van der Waals surface area (Å²) in [5, 5.41) is 2.90. The van der Waals surface area contributed by atoms with Crippen LogP contribution in [0.3, 0.4) is 0 Å². The molecule has 0 aliphatic rings. The molecule has 0 atom stereocenters. The number of amides is 1. The van der Waals surface area contributed by atoms with Gasteiger partial charge in [-0.3, -0.25) is 4.79 Å². The van der Waals surface area contributed by atoms with E-state index in [0.717, 1.165) is 5.69 Å². The maximum absolute atomic E-state index is 10.7. The molecule has 0 aliphatic carbocycles. The van der Waals surface area contributed by atoms with E-state index in [2.05, 4.69) is 5.32 Å². The van der Waals surface area contributed by atoms with Crippen molar-refractivity contribution in [3.8, 4) is 11.5 Å². The second-order valence-electron chi connectivity index (χ2n) is 3.35. The van der Waals surface area contributed by atoms with Gasteiger partial charge >= 0.3 is 0 Å². The lowest BCUT2D eigenvalue weighted by Crippen LogP contribution is -2.21. The smallest absolute Gasteiger partial charge is 0.236 e. The fourth-order valence-corrected chi connectivity index (χ4v) is 1.35. The summed E-state index contributed by atoms with van der Waals surface area (Å²) in [7, 11) is 0. The Balaban J connectivity index is 2.80. The number of benzene rings is 1. The monoisotopic (exact) mass is 238 g/mol. The van der Waals surface area contributed by atoms with Gasteiger partial charge in [0.15, 0.2) is 11.5 Å². The summed E-state index contributed by atoms with van der Waals surface area (Å²) >= 11 is 0. The van der Waals surface area contributed by atoms with Crippen LogP contribution in [0.4, 0.5) is 5.69 Å². The summed E-state index contributed by atoms with van der Waals surface area (Å²) < 4.78 is 10.9. The maximum atomic E-state index is 10.7. The molecule has 0 heterocycles.